The second kappa shape index (κ2) is 6.49. The lowest BCUT2D eigenvalue weighted by Crippen LogP contribution is -2.35. The summed E-state index contributed by atoms with van der Waals surface area (Å²) in [5.74, 6) is 0.620. The van der Waals surface area contributed by atoms with Crippen LogP contribution in [0.15, 0.2) is 18.2 Å². The number of ether oxygens (including phenoxy) is 2. The minimum Gasteiger partial charge on any atom is -0.496 e. The number of benzene rings is 1. The molecule has 0 radical (unpaired) electrons. The van der Waals surface area contributed by atoms with E-state index in [1.807, 2.05) is 0 Å². The molecule has 0 aromatic heterocycles. The minimum absolute atomic E-state index is 0.0566. The molecule has 0 spiro atoms. The lowest BCUT2D eigenvalue weighted by atomic mass is 10.1. The van der Waals surface area contributed by atoms with Gasteiger partial charge in [-0.1, -0.05) is 0 Å². The predicted octanol–water partition coefficient (Wildman–Crippen LogP) is 1.87. The summed E-state index contributed by atoms with van der Waals surface area (Å²) in [5, 5.41) is 14.0. The monoisotopic (exact) mass is 266 g/mol. The summed E-state index contributed by atoms with van der Waals surface area (Å²) in [6.07, 6.45) is 2.28. The van der Waals surface area contributed by atoms with E-state index >= 15 is 0 Å². The topological polar surface area (TPSA) is 73.6 Å². The van der Waals surface area contributed by atoms with Crippen molar-refractivity contribution < 1.29 is 14.4 Å². The molecule has 19 heavy (non-hydrogen) atoms. The van der Waals surface area contributed by atoms with E-state index in [-0.39, 0.29) is 11.8 Å². The quantitative estimate of drug-likeness (QED) is 0.650. The predicted molar refractivity (Wildman–Crippen MR) is 70.3 cm³/mol. The van der Waals surface area contributed by atoms with Crippen molar-refractivity contribution in [1.82, 2.24) is 5.32 Å². The first-order valence-electron chi connectivity index (χ1n) is 6.34. The van der Waals surface area contributed by atoms with E-state index in [2.05, 4.69) is 5.32 Å². The van der Waals surface area contributed by atoms with Crippen LogP contribution in [-0.2, 0) is 11.3 Å². The molecule has 1 aliphatic rings. The Morgan fingerprint density at radius 3 is 3.00 bits per heavy atom. The van der Waals surface area contributed by atoms with Crippen LogP contribution >= 0.6 is 0 Å². The molecule has 6 heteroatoms. The van der Waals surface area contributed by atoms with E-state index in [4.69, 9.17) is 9.47 Å². The summed E-state index contributed by atoms with van der Waals surface area (Å²) in [7, 11) is 1.55. The normalized spacial score (nSPS) is 19.1. The van der Waals surface area contributed by atoms with Crippen molar-refractivity contribution in [1.29, 1.82) is 0 Å². The standard InChI is InChI=1S/C13H18N2O4/c1-18-13-5-4-11(15(16)17)7-10(13)9-19-12-3-2-6-14-8-12/h4-5,7,12,14H,2-3,6,8-9H2,1H3/t12-/m0/s1. The summed E-state index contributed by atoms with van der Waals surface area (Å²) in [5.41, 5.74) is 0.767. The molecule has 1 fully saturated rings. The average Bonchev–Trinajstić information content (AvgIpc) is 2.45. The Labute approximate surface area is 111 Å². The van der Waals surface area contributed by atoms with Gasteiger partial charge in [0.25, 0.3) is 5.69 Å². The van der Waals surface area contributed by atoms with Crippen molar-refractivity contribution in [2.24, 2.45) is 0 Å². The third-order valence-electron chi connectivity index (χ3n) is 3.20. The number of nitrogens with zero attached hydrogens (tertiary/aromatic N) is 1. The lowest BCUT2D eigenvalue weighted by molar-refractivity contribution is -0.385. The summed E-state index contributed by atoms with van der Waals surface area (Å²) in [6.45, 7) is 2.19. The highest BCUT2D eigenvalue weighted by Crippen LogP contribution is 2.25. The maximum Gasteiger partial charge on any atom is 0.270 e. The summed E-state index contributed by atoms with van der Waals surface area (Å²) < 4.78 is 11.0. The van der Waals surface area contributed by atoms with Crippen molar-refractivity contribution >= 4 is 5.69 Å². The Balaban J connectivity index is 2.04. The number of methoxy groups -OCH3 is 1. The molecule has 2 rings (SSSR count). The lowest BCUT2D eigenvalue weighted by Gasteiger charge is -2.23. The molecular weight excluding hydrogens is 248 g/mol. The van der Waals surface area contributed by atoms with Crippen molar-refractivity contribution in [3.05, 3.63) is 33.9 Å². The number of rotatable bonds is 5. The van der Waals surface area contributed by atoms with Gasteiger partial charge < -0.3 is 14.8 Å². The van der Waals surface area contributed by atoms with Gasteiger partial charge in [0.2, 0.25) is 0 Å². The molecule has 1 atom stereocenters. The van der Waals surface area contributed by atoms with E-state index in [1.54, 1.807) is 13.2 Å². The van der Waals surface area contributed by atoms with Gasteiger partial charge in [-0.3, -0.25) is 10.1 Å². The maximum absolute atomic E-state index is 10.8. The number of nitro groups is 1. The maximum atomic E-state index is 10.8. The van der Waals surface area contributed by atoms with E-state index in [1.165, 1.54) is 12.1 Å². The molecule has 1 heterocycles. The Morgan fingerprint density at radius 2 is 2.37 bits per heavy atom. The van der Waals surface area contributed by atoms with Gasteiger partial charge in [0.05, 0.1) is 24.7 Å². The molecule has 0 unspecified atom stereocenters. The molecule has 0 amide bonds. The zero-order chi connectivity index (χ0) is 13.7. The summed E-state index contributed by atoms with van der Waals surface area (Å²) in [6, 6.07) is 4.55. The van der Waals surface area contributed by atoms with Crippen LogP contribution in [-0.4, -0.2) is 31.2 Å². The average molecular weight is 266 g/mol. The van der Waals surface area contributed by atoms with Crippen molar-refractivity contribution in [2.75, 3.05) is 20.2 Å². The number of piperidine rings is 1. The highest BCUT2D eigenvalue weighted by atomic mass is 16.6. The molecule has 1 aromatic rings. The molecule has 0 saturated carbocycles. The Bertz CT molecular complexity index is 444. The van der Waals surface area contributed by atoms with Gasteiger partial charge in [-0.25, -0.2) is 0 Å². The van der Waals surface area contributed by atoms with Crippen LogP contribution in [0.4, 0.5) is 5.69 Å². The number of hydrogen-bond acceptors (Lipinski definition) is 5. The van der Waals surface area contributed by atoms with Crippen LogP contribution < -0.4 is 10.1 Å². The number of nitro benzene ring substituents is 1. The van der Waals surface area contributed by atoms with Gasteiger partial charge in [0.15, 0.2) is 0 Å². The Morgan fingerprint density at radius 1 is 1.53 bits per heavy atom. The first kappa shape index (κ1) is 13.8. The van der Waals surface area contributed by atoms with Crippen LogP contribution in [0.3, 0.4) is 0 Å². The molecule has 1 aliphatic heterocycles. The van der Waals surface area contributed by atoms with E-state index < -0.39 is 4.92 Å². The van der Waals surface area contributed by atoms with Crippen LogP contribution in [0.1, 0.15) is 18.4 Å². The zero-order valence-electron chi connectivity index (χ0n) is 10.9. The van der Waals surface area contributed by atoms with Crippen LogP contribution in [0, 0.1) is 10.1 Å². The summed E-state index contributed by atoms with van der Waals surface area (Å²) in [4.78, 5) is 10.4. The highest BCUT2D eigenvalue weighted by Gasteiger charge is 2.16. The Kier molecular flexibility index (Phi) is 4.70. The van der Waals surface area contributed by atoms with Crippen LogP contribution in [0.2, 0.25) is 0 Å². The Hall–Kier alpha value is -1.66. The molecular formula is C13H18N2O4. The van der Waals surface area contributed by atoms with Gasteiger partial charge in [-0.15, -0.1) is 0 Å². The fraction of sp³-hybridized carbons (Fsp3) is 0.538. The van der Waals surface area contributed by atoms with Gasteiger partial charge in [0.1, 0.15) is 5.75 Å². The minimum atomic E-state index is -0.412. The first-order chi connectivity index (χ1) is 9.20. The van der Waals surface area contributed by atoms with Crippen molar-refractivity contribution in [3.63, 3.8) is 0 Å². The number of non-ortho nitro benzene ring substituents is 1. The van der Waals surface area contributed by atoms with Gasteiger partial charge in [-0.05, 0) is 25.5 Å². The molecule has 1 aromatic carbocycles. The second-order valence-corrected chi connectivity index (χ2v) is 4.53. The van der Waals surface area contributed by atoms with E-state index in [0.29, 0.717) is 17.9 Å². The summed E-state index contributed by atoms with van der Waals surface area (Å²) >= 11 is 0. The van der Waals surface area contributed by atoms with Gasteiger partial charge in [0, 0.05) is 24.2 Å². The first-order valence-corrected chi connectivity index (χ1v) is 6.34. The molecule has 1 saturated heterocycles. The van der Waals surface area contributed by atoms with Crippen LogP contribution in [0.5, 0.6) is 5.75 Å². The van der Waals surface area contributed by atoms with E-state index in [0.717, 1.165) is 25.9 Å². The van der Waals surface area contributed by atoms with Crippen molar-refractivity contribution in [2.45, 2.75) is 25.6 Å². The van der Waals surface area contributed by atoms with E-state index in [9.17, 15) is 10.1 Å². The zero-order valence-corrected chi connectivity index (χ0v) is 10.9. The van der Waals surface area contributed by atoms with Crippen molar-refractivity contribution in [3.8, 4) is 5.75 Å². The highest BCUT2D eigenvalue weighted by molar-refractivity contribution is 5.43. The third-order valence-corrected chi connectivity index (χ3v) is 3.20. The smallest absolute Gasteiger partial charge is 0.270 e. The molecule has 0 aliphatic carbocycles. The fourth-order valence-corrected chi connectivity index (χ4v) is 2.16. The van der Waals surface area contributed by atoms with Gasteiger partial charge in [-0.2, -0.15) is 0 Å². The van der Waals surface area contributed by atoms with Gasteiger partial charge >= 0.3 is 0 Å². The third kappa shape index (κ3) is 3.65. The fourth-order valence-electron chi connectivity index (χ4n) is 2.16. The number of nitrogens with one attached hydrogen (secondary N) is 1. The van der Waals surface area contributed by atoms with Crippen LogP contribution in [0.25, 0.3) is 0 Å². The molecule has 1 N–H and O–H groups in total. The second-order valence-electron chi connectivity index (χ2n) is 4.53. The number of hydrogen-bond donors (Lipinski definition) is 1. The molecule has 104 valence electrons. The SMILES string of the molecule is COc1ccc([N+](=O)[O-])cc1CO[C@H]1CCCNC1. The molecule has 6 nitrogen and oxygen atoms in total. The largest absolute Gasteiger partial charge is 0.496 e. The molecule has 0 bridgehead atoms.